The van der Waals surface area contributed by atoms with Crippen LogP contribution in [0, 0.1) is 0 Å². The lowest BCUT2D eigenvalue weighted by Crippen LogP contribution is -2.27. The smallest absolute Gasteiger partial charge is 0.0642 e. The van der Waals surface area contributed by atoms with E-state index in [0.29, 0.717) is 11.6 Å². The molecule has 17 heavy (non-hydrogen) atoms. The molecule has 0 spiro atoms. The fourth-order valence-electron chi connectivity index (χ4n) is 1.81. The first-order valence-electron chi connectivity index (χ1n) is 6.01. The van der Waals surface area contributed by atoms with Crippen LogP contribution in [0.25, 0.3) is 0 Å². The summed E-state index contributed by atoms with van der Waals surface area (Å²) < 4.78 is 0. The van der Waals surface area contributed by atoms with Gasteiger partial charge < -0.3 is 15.7 Å². The van der Waals surface area contributed by atoms with Gasteiger partial charge in [-0.25, -0.2) is 0 Å². The predicted molar refractivity (Wildman–Crippen MR) is 73.6 cm³/mol. The van der Waals surface area contributed by atoms with Crippen LogP contribution in [-0.2, 0) is 0 Å². The molecule has 0 aliphatic carbocycles. The number of nitrogens with two attached hydrogens (primary N) is 1. The van der Waals surface area contributed by atoms with Crippen LogP contribution < -0.4 is 10.6 Å². The standard InChI is InChI=1S/C13H21ClN2O/c1-3-6-16(7-8-17)13-5-4-11(10(2)15)9-12(13)14/h4-5,9-10,17H,3,6-8,15H2,1-2H3/t10-/m0/s1. The van der Waals surface area contributed by atoms with E-state index in [1.807, 2.05) is 25.1 Å². The second kappa shape index (κ2) is 6.84. The molecule has 1 atom stereocenters. The predicted octanol–water partition coefficient (Wildman–Crippen LogP) is 2.57. The van der Waals surface area contributed by atoms with Crippen molar-refractivity contribution in [3.05, 3.63) is 28.8 Å². The summed E-state index contributed by atoms with van der Waals surface area (Å²) in [5.74, 6) is 0. The summed E-state index contributed by atoms with van der Waals surface area (Å²) in [5, 5.41) is 9.75. The number of hydrogen-bond donors (Lipinski definition) is 2. The summed E-state index contributed by atoms with van der Waals surface area (Å²) in [5.41, 5.74) is 7.81. The summed E-state index contributed by atoms with van der Waals surface area (Å²) in [6, 6.07) is 5.86. The van der Waals surface area contributed by atoms with E-state index in [4.69, 9.17) is 22.4 Å². The van der Waals surface area contributed by atoms with Gasteiger partial charge in [0.25, 0.3) is 0 Å². The van der Waals surface area contributed by atoms with Gasteiger partial charge >= 0.3 is 0 Å². The minimum absolute atomic E-state index is 0.0148. The second-order valence-corrected chi connectivity index (χ2v) is 4.62. The first-order chi connectivity index (χ1) is 8.10. The van der Waals surface area contributed by atoms with E-state index >= 15 is 0 Å². The molecule has 0 aliphatic rings. The van der Waals surface area contributed by atoms with E-state index in [0.717, 1.165) is 24.2 Å². The third-order valence-corrected chi connectivity index (χ3v) is 3.00. The summed E-state index contributed by atoms with van der Waals surface area (Å²) in [4.78, 5) is 2.09. The Morgan fingerprint density at radius 2 is 2.12 bits per heavy atom. The largest absolute Gasteiger partial charge is 0.395 e. The molecule has 0 aromatic heterocycles. The molecule has 3 nitrogen and oxygen atoms in total. The topological polar surface area (TPSA) is 49.5 Å². The molecule has 1 rings (SSSR count). The van der Waals surface area contributed by atoms with Crippen molar-refractivity contribution in [1.29, 1.82) is 0 Å². The first-order valence-corrected chi connectivity index (χ1v) is 6.38. The Morgan fingerprint density at radius 3 is 2.59 bits per heavy atom. The van der Waals surface area contributed by atoms with Crippen LogP contribution in [0.5, 0.6) is 0 Å². The lowest BCUT2D eigenvalue weighted by atomic mass is 10.1. The highest BCUT2D eigenvalue weighted by molar-refractivity contribution is 6.33. The Hall–Kier alpha value is -0.770. The van der Waals surface area contributed by atoms with E-state index in [1.54, 1.807) is 0 Å². The molecule has 3 N–H and O–H groups in total. The van der Waals surface area contributed by atoms with Gasteiger partial charge in [-0.1, -0.05) is 24.6 Å². The molecule has 0 saturated carbocycles. The molecule has 1 aromatic rings. The number of halogens is 1. The highest BCUT2D eigenvalue weighted by Gasteiger charge is 2.10. The van der Waals surface area contributed by atoms with Crippen LogP contribution in [0.2, 0.25) is 5.02 Å². The first kappa shape index (κ1) is 14.3. The van der Waals surface area contributed by atoms with Crippen molar-refractivity contribution in [2.75, 3.05) is 24.6 Å². The molecule has 0 amide bonds. The maximum atomic E-state index is 9.05. The average Bonchev–Trinajstić information content (AvgIpc) is 2.28. The molecule has 0 bridgehead atoms. The van der Waals surface area contributed by atoms with Crippen molar-refractivity contribution in [1.82, 2.24) is 0 Å². The number of aliphatic hydroxyl groups excluding tert-OH is 1. The van der Waals surface area contributed by atoms with Gasteiger partial charge in [-0.2, -0.15) is 0 Å². The van der Waals surface area contributed by atoms with E-state index in [9.17, 15) is 0 Å². The van der Waals surface area contributed by atoms with Crippen LogP contribution in [0.4, 0.5) is 5.69 Å². The van der Waals surface area contributed by atoms with Crippen LogP contribution in [0.3, 0.4) is 0 Å². The molecule has 4 heteroatoms. The lowest BCUT2D eigenvalue weighted by Gasteiger charge is -2.25. The molecule has 1 aromatic carbocycles. The zero-order chi connectivity index (χ0) is 12.8. The van der Waals surface area contributed by atoms with Gasteiger partial charge in [-0.3, -0.25) is 0 Å². The maximum absolute atomic E-state index is 9.05. The van der Waals surface area contributed by atoms with E-state index in [2.05, 4.69) is 11.8 Å². The number of benzene rings is 1. The summed E-state index contributed by atoms with van der Waals surface area (Å²) in [6.07, 6.45) is 1.02. The fraction of sp³-hybridized carbons (Fsp3) is 0.538. The zero-order valence-electron chi connectivity index (χ0n) is 10.5. The Bertz CT molecular complexity index is 349. The van der Waals surface area contributed by atoms with E-state index < -0.39 is 0 Å². The monoisotopic (exact) mass is 256 g/mol. The van der Waals surface area contributed by atoms with Gasteiger partial charge in [-0.05, 0) is 31.0 Å². The Morgan fingerprint density at radius 1 is 1.41 bits per heavy atom. The SMILES string of the molecule is CCCN(CCO)c1ccc([C@H](C)N)cc1Cl. The zero-order valence-corrected chi connectivity index (χ0v) is 11.2. The van der Waals surface area contributed by atoms with E-state index in [-0.39, 0.29) is 12.6 Å². The Balaban J connectivity index is 2.95. The van der Waals surface area contributed by atoms with Crippen LogP contribution in [-0.4, -0.2) is 24.8 Å². The number of rotatable bonds is 6. The van der Waals surface area contributed by atoms with Gasteiger partial charge in [-0.15, -0.1) is 0 Å². The summed E-state index contributed by atoms with van der Waals surface area (Å²) in [6.45, 7) is 5.66. The Kier molecular flexibility index (Phi) is 5.75. The number of anilines is 1. The normalized spacial score (nSPS) is 12.5. The van der Waals surface area contributed by atoms with E-state index in [1.165, 1.54) is 0 Å². The summed E-state index contributed by atoms with van der Waals surface area (Å²) >= 11 is 6.26. The third-order valence-electron chi connectivity index (χ3n) is 2.70. The van der Waals surface area contributed by atoms with Crippen molar-refractivity contribution >= 4 is 17.3 Å². The molecular formula is C13H21ClN2O. The van der Waals surface area contributed by atoms with Crippen molar-refractivity contribution in [3.63, 3.8) is 0 Å². The molecule has 0 aliphatic heterocycles. The number of hydrogen-bond acceptors (Lipinski definition) is 3. The van der Waals surface area contributed by atoms with Crippen LogP contribution >= 0.6 is 11.6 Å². The quantitative estimate of drug-likeness (QED) is 0.823. The van der Waals surface area contributed by atoms with Crippen molar-refractivity contribution in [3.8, 4) is 0 Å². The highest BCUT2D eigenvalue weighted by Crippen LogP contribution is 2.28. The molecule has 0 fully saturated rings. The highest BCUT2D eigenvalue weighted by atomic mass is 35.5. The van der Waals surface area contributed by atoms with Gasteiger partial charge in [0, 0.05) is 19.1 Å². The van der Waals surface area contributed by atoms with Crippen LogP contribution in [0.1, 0.15) is 31.9 Å². The molecule has 0 unspecified atom stereocenters. The minimum Gasteiger partial charge on any atom is -0.395 e. The Labute approximate surface area is 108 Å². The average molecular weight is 257 g/mol. The molecule has 0 radical (unpaired) electrons. The molecule has 0 saturated heterocycles. The summed E-state index contributed by atoms with van der Waals surface area (Å²) in [7, 11) is 0. The van der Waals surface area contributed by atoms with Gasteiger partial charge in [0.2, 0.25) is 0 Å². The van der Waals surface area contributed by atoms with Crippen molar-refractivity contribution in [2.45, 2.75) is 26.3 Å². The van der Waals surface area contributed by atoms with Gasteiger partial charge in [0.05, 0.1) is 17.3 Å². The molecular weight excluding hydrogens is 236 g/mol. The molecule has 96 valence electrons. The van der Waals surface area contributed by atoms with Crippen molar-refractivity contribution < 1.29 is 5.11 Å². The second-order valence-electron chi connectivity index (χ2n) is 4.21. The maximum Gasteiger partial charge on any atom is 0.0642 e. The lowest BCUT2D eigenvalue weighted by molar-refractivity contribution is 0.302. The van der Waals surface area contributed by atoms with Crippen LogP contribution in [0.15, 0.2) is 18.2 Å². The molecule has 0 heterocycles. The number of nitrogens with zero attached hydrogens (tertiary/aromatic N) is 1. The van der Waals surface area contributed by atoms with Crippen molar-refractivity contribution in [2.24, 2.45) is 5.73 Å². The minimum atomic E-state index is -0.0148. The van der Waals surface area contributed by atoms with Gasteiger partial charge in [0.1, 0.15) is 0 Å². The number of aliphatic hydroxyl groups is 1. The fourth-order valence-corrected chi connectivity index (χ4v) is 2.11. The third kappa shape index (κ3) is 3.87. The van der Waals surface area contributed by atoms with Gasteiger partial charge in [0.15, 0.2) is 0 Å².